The largest absolute Gasteiger partial charge is 0.466 e. The molecule has 88 valence electrons. The number of carbonyl (C=O) groups excluding carboxylic acids is 2. The highest BCUT2D eigenvalue weighted by Gasteiger charge is 2.08. The molecule has 0 aliphatic carbocycles. The summed E-state index contributed by atoms with van der Waals surface area (Å²) < 4.78 is 4.92. The maximum atomic E-state index is 11.0. The second kappa shape index (κ2) is 9.65. The molecule has 0 saturated carbocycles. The molecular weight excluding hydrogens is 194 g/mol. The molecule has 1 atom stereocenters. The van der Waals surface area contributed by atoms with Crippen molar-refractivity contribution in [3.8, 4) is 0 Å². The Hall–Kier alpha value is -0.900. The molecule has 0 aromatic carbocycles. The van der Waals surface area contributed by atoms with E-state index in [0.29, 0.717) is 12.9 Å². The molecule has 0 aromatic heterocycles. The predicted octanol–water partition coefficient (Wildman–Crippen LogP) is 1.42. The fourth-order valence-electron chi connectivity index (χ4n) is 1.19. The molecule has 0 amide bonds. The molecule has 0 fully saturated rings. The maximum absolute atomic E-state index is 11.0. The van der Waals surface area contributed by atoms with Crippen molar-refractivity contribution in [2.24, 2.45) is 5.73 Å². The Labute approximate surface area is 91.2 Å². The van der Waals surface area contributed by atoms with Gasteiger partial charge < -0.3 is 15.3 Å². The van der Waals surface area contributed by atoms with Crippen LogP contribution < -0.4 is 5.73 Å². The number of hydrogen-bond acceptors (Lipinski definition) is 4. The molecule has 4 nitrogen and oxygen atoms in total. The van der Waals surface area contributed by atoms with Crippen LogP contribution in [0.15, 0.2) is 0 Å². The third kappa shape index (κ3) is 9.41. The fraction of sp³-hybridized carbons (Fsp3) is 0.818. The molecule has 0 heterocycles. The number of ether oxygens (including phenoxy) is 1. The van der Waals surface area contributed by atoms with Crippen LogP contribution in [0.25, 0.3) is 0 Å². The summed E-state index contributed by atoms with van der Waals surface area (Å²) in [5, 5.41) is 0. The minimum absolute atomic E-state index is 0.0154. The van der Waals surface area contributed by atoms with Gasteiger partial charge in [0.15, 0.2) is 0 Å². The van der Waals surface area contributed by atoms with E-state index in [1.54, 1.807) is 0 Å². The highest BCUT2D eigenvalue weighted by atomic mass is 16.5. The lowest BCUT2D eigenvalue weighted by Crippen LogP contribution is -2.26. The molecule has 15 heavy (non-hydrogen) atoms. The highest BCUT2D eigenvalue weighted by Crippen LogP contribution is 2.02. The minimum Gasteiger partial charge on any atom is -0.466 e. The number of carbonyl (C=O) groups is 2. The first kappa shape index (κ1) is 14.1. The lowest BCUT2D eigenvalue weighted by atomic mass is 10.2. The molecule has 0 bridgehead atoms. The molecule has 0 aliphatic heterocycles. The number of aldehydes is 1. The topological polar surface area (TPSA) is 69.4 Å². The van der Waals surface area contributed by atoms with Gasteiger partial charge in [0.1, 0.15) is 6.29 Å². The van der Waals surface area contributed by atoms with Crippen molar-refractivity contribution in [2.45, 2.75) is 51.5 Å². The van der Waals surface area contributed by atoms with Gasteiger partial charge in [-0.05, 0) is 6.42 Å². The standard InChI is InChI=1S/C11H21NO3/c1-2-3-4-5-6-7-15-11(14)8-10(12)9-13/h9-10H,2-8,12H2,1H3/t10-/m0/s1. The number of hydrogen-bond donors (Lipinski definition) is 1. The number of esters is 1. The quantitative estimate of drug-likeness (QED) is 0.359. The average Bonchev–Trinajstić information content (AvgIpc) is 2.23. The first-order valence-corrected chi connectivity index (χ1v) is 5.57. The van der Waals surface area contributed by atoms with E-state index in [1.807, 2.05) is 0 Å². The average molecular weight is 215 g/mol. The lowest BCUT2D eigenvalue weighted by Gasteiger charge is -2.05. The van der Waals surface area contributed by atoms with E-state index in [1.165, 1.54) is 19.3 Å². The molecule has 4 heteroatoms. The van der Waals surface area contributed by atoms with Crippen LogP contribution in [0.3, 0.4) is 0 Å². The van der Waals surface area contributed by atoms with Gasteiger partial charge in [-0.2, -0.15) is 0 Å². The van der Waals surface area contributed by atoms with Crippen LogP contribution in [0.4, 0.5) is 0 Å². The summed E-state index contributed by atoms with van der Waals surface area (Å²) in [5.74, 6) is -0.384. The van der Waals surface area contributed by atoms with E-state index >= 15 is 0 Å². The molecule has 0 aromatic rings. The summed E-state index contributed by atoms with van der Waals surface area (Å²) in [6.45, 7) is 2.59. The molecule has 0 rings (SSSR count). The number of rotatable bonds is 9. The summed E-state index contributed by atoms with van der Waals surface area (Å²) in [6.07, 6.45) is 6.13. The van der Waals surface area contributed by atoms with Crippen molar-refractivity contribution < 1.29 is 14.3 Å². The van der Waals surface area contributed by atoms with Gasteiger partial charge in [-0.1, -0.05) is 32.6 Å². The van der Waals surface area contributed by atoms with Crippen LogP contribution >= 0.6 is 0 Å². The van der Waals surface area contributed by atoms with E-state index in [9.17, 15) is 9.59 Å². The van der Waals surface area contributed by atoms with E-state index in [0.717, 1.165) is 12.8 Å². The molecule has 0 radical (unpaired) electrons. The lowest BCUT2D eigenvalue weighted by molar-refractivity contribution is -0.144. The van der Waals surface area contributed by atoms with Gasteiger partial charge >= 0.3 is 5.97 Å². The third-order valence-corrected chi connectivity index (χ3v) is 2.09. The van der Waals surface area contributed by atoms with Crippen molar-refractivity contribution >= 4 is 12.3 Å². The van der Waals surface area contributed by atoms with Crippen LogP contribution in [0.1, 0.15) is 45.4 Å². The van der Waals surface area contributed by atoms with Crippen LogP contribution in [0.2, 0.25) is 0 Å². The van der Waals surface area contributed by atoms with Gasteiger partial charge in [0.2, 0.25) is 0 Å². The Kier molecular flexibility index (Phi) is 9.07. The summed E-state index contributed by atoms with van der Waals surface area (Å²) in [7, 11) is 0. The van der Waals surface area contributed by atoms with Gasteiger partial charge in [0.25, 0.3) is 0 Å². The van der Waals surface area contributed by atoms with Crippen LogP contribution in [0.5, 0.6) is 0 Å². The van der Waals surface area contributed by atoms with Gasteiger partial charge in [-0.3, -0.25) is 4.79 Å². The number of nitrogens with two attached hydrogens (primary N) is 1. The van der Waals surface area contributed by atoms with E-state index < -0.39 is 6.04 Å². The first-order chi connectivity index (χ1) is 7.20. The maximum Gasteiger partial charge on any atom is 0.307 e. The van der Waals surface area contributed by atoms with E-state index in [2.05, 4.69) is 6.92 Å². The Morgan fingerprint density at radius 2 is 2.00 bits per heavy atom. The van der Waals surface area contributed by atoms with Gasteiger partial charge in [-0.25, -0.2) is 0 Å². The Morgan fingerprint density at radius 3 is 2.60 bits per heavy atom. The van der Waals surface area contributed by atoms with Crippen molar-refractivity contribution in [3.05, 3.63) is 0 Å². The van der Waals surface area contributed by atoms with Crippen molar-refractivity contribution in [1.29, 1.82) is 0 Å². The zero-order valence-corrected chi connectivity index (χ0v) is 9.41. The van der Waals surface area contributed by atoms with Gasteiger partial charge in [-0.15, -0.1) is 0 Å². The van der Waals surface area contributed by atoms with Crippen LogP contribution in [-0.4, -0.2) is 24.9 Å². The van der Waals surface area contributed by atoms with E-state index in [-0.39, 0.29) is 12.4 Å². The van der Waals surface area contributed by atoms with Gasteiger partial charge in [0, 0.05) is 0 Å². The Morgan fingerprint density at radius 1 is 1.33 bits per heavy atom. The Bertz CT molecular complexity index is 183. The second-order valence-electron chi connectivity index (χ2n) is 3.64. The molecular formula is C11H21NO3. The zero-order valence-electron chi connectivity index (χ0n) is 9.41. The molecule has 0 spiro atoms. The normalized spacial score (nSPS) is 12.1. The SMILES string of the molecule is CCCCCCCOC(=O)C[C@H](N)C=O. The van der Waals surface area contributed by atoms with Gasteiger partial charge in [0.05, 0.1) is 19.1 Å². The Balaban J connectivity index is 3.27. The molecule has 2 N–H and O–H groups in total. The zero-order chi connectivity index (χ0) is 11.5. The van der Waals surface area contributed by atoms with Crippen molar-refractivity contribution in [2.75, 3.05) is 6.61 Å². The van der Waals surface area contributed by atoms with Crippen molar-refractivity contribution in [1.82, 2.24) is 0 Å². The van der Waals surface area contributed by atoms with Crippen LogP contribution in [-0.2, 0) is 14.3 Å². The monoisotopic (exact) mass is 215 g/mol. The predicted molar refractivity (Wildman–Crippen MR) is 58.4 cm³/mol. The molecule has 0 aliphatic rings. The third-order valence-electron chi connectivity index (χ3n) is 2.09. The van der Waals surface area contributed by atoms with E-state index in [4.69, 9.17) is 10.5 Å². The van der Waals surface area contributed by atoms with Crippen molar-refractivity contribution in [3.63, 3.8) is 0 Å². The summed E-state index contributed by atoms with van der Waals surface area (Å²) in [5.41, 5.74) is 5.27. The first-order valence-electron chi connectivity index (χ1n) is 5.57. The highest BCUT2D eigenvalue weighted by molar-refractivity contribution is 5.75. The molecule has 0 unspecified atom stereocenters. The smallest absolute Gasteiger partial charge is 0.307 e. The summed E-state index contributed by atoms with van der Waals surface area (Å²) >= 11 is 0. The number of unbranched alkanes of at least 4 members (excludes halogenated alkanes) is 4. The summed E-state index contributed by atoms with van der Waals surface area (Å²) in [4.78, 5) is 21.2. The second-order valence-corrected chi connectivity index (χ2v) is 3.64. The minimum atomic E-state index is -0.724. The van der Waals surface area contributed by atoms with Crippen LogP contribution in [0, 0.1) is 0 Å². The molecule has 0 saturated heterocycles. The fourth-order valence-corrected chi connectivity index (χ4v) is 1.19. The summed E-state index contributed by atoms with van der Waals surface area (Å²) in [6, 6.07) is -0.724.